The molecule has 0 bridgehead atoms. The normalized spacial score (nSPS) is 14.1. The number of hydrogen-bond donors (Lipinski definition) is 3. The van der Waals surface area contributed by atoms with E-state index in [1.807, 2.05) is 48.6 Å². The highest BCUT2D eigenvalue weighted by Crippen LogP contribution is 2.16. The van der Waals surface area contributed by atoms with E-state index in [1.54, 1.807) is 0 Å². The van der Waals surface area contributed by atoms with E-state index in [0.717, 1.165) is 64.2 Å². The van der Waals surface area contributed by atoms with Gasteiger partial charge in [0, 0.05) is 6.42 Å². The molecule has 0 rings (SSSR count). The van der Waals surface area contributed by atoms with Crippen LogP contribution in [0.1, 0.15) is 188 Å². The second kappa shape index (κ2) is 40.5. The molecule has 0 fully saturated rings. The van der Waals surface area contributed by atoms with Crippen LogP contribution < -0.4 is 5.32 Å². The molecule has 6 heteroatoms. The number of aliphatic hydroxyl groups is 2. The summed E-state index contributed by atoms with van der Waals surface area (Å²) in [5.74, 6) is -0.567. The molecule has 3 unspecified atom stereocenters. The first-order valence-electron chi connectivity index (χ1n) is 21.7. The van der Waals surface area contributed by atoms with E-state index >= 15 is 0 Å². The van der Waals surface area contributed by atoms with Gasteiger partial charge in [0.25, 0.3) is 0 Å². The molecule has 0 aliphatic heterocycles. The molecule has 0 aromatic rings. The number of carbonyl (C=O) groups is 2. The Labute approximate surface area is 326 Å². The standard InChI is InChI=1S/C47H81NO5/c1-4-7-10-13-16-19-22-23-25-26-29-32-35-38-43(53-47(52)40-37-34-31-28-24-20-17-14-11-8-5-2)41-46(51)48-44(42-49)45(50)39-36-33-30-27-21-18-15-12-9-6-3/h7,10,13-14,16-17,19,22-23,25-26,29,43-45,49-50H,4-6,8-9,11-12,15,18,20-21,24,27-28,30-42H2,1-3H3,(H,48,51)/b10-7+,16-13+,17-14-,22-19-,25-23-,29-26+. The van der Waals surface area contributed by atoms with Crippen molar-refractivity contribution in [1.82, 2.24) is 5.32 Å². The minimum Gasteiger partial charge on any atom is -0.462 e. The number of esters is 1. The number of rotatable bonds is 37. The van der Waals surface area contributed by atoms with E-state index in [2.05, 4.69) is 50.4 Å². The van der Waals surface area contributed by atoms with Crippen molar-refractivity contribution in [3.05, 3.63) is 72.9 Å². The summed E-state index contributed by atoms with van der Waals surface area (Å²) in [6.45, 7) is 6.23. The van der Waals surface area contributed by atoms with Crippen molar-refractivity contribution in [2.45, 2.75) is 206 Å². The number of unbranched alkanes of at least 4 members (excludes halogenated alkanes) is 17. The molecule has 1 amide bonds. The topological polar surface area (TPSA) is 95.9 Å². The van der Waals surface area contributed by atoms with Crippen LogP contribution in [0, 0.1) is 0 Å². The summed E-state index contributed by atoms with van der Waals surface area (Å²) in [5, 5.41) is 23.5. The minimum atomic E-state index is -0.807. The summed E-state index contributed by atoms with van der Waals surface area (Å²) in [6.07, 6.45) is 49.6. The highest BCUT2D eigenvalue weighted by molar-refractivity contribution is 5.77. The van der Waals surface area contributed by atoms with Crippen molar-refractivity contribution in [2.75, 3.05) is 6.61 Å². The smallest absolute Gasteiger partial charge is 0.306 e. The highest BCUT2D eigenvalue weighted by atomic mass is 16.5. The first-order chi connectivity index (χ1) is 26.0. The first kappa shape index (κ1) is 50.3. The number of hydrogen-bond acceptors (Lipinski definition) is 5. The predicted molar refractivity (Wildman–Crippen MR) is 227 cm³/mol. The van der Waals surface area contributed by atoms with Gasteiger partial charge in [-0.3, -0.25) is 9.59 Å². The SMILES string of the molecule is CC/C=C/C=C/C=C\C=C/C=C/CCCC(CC(=O)NC(CO)C(O)CCCCCCCCCCCC)OC(=O)CCCCCCC/C=C\CCCC. The Hall–Kier alpha value is -2.70. The molecule has 3 N–H and O–H groups in total. The zero-order chi connectivity index (χ0) is 38.9. The Morgan fingerprint density at radius 2 is 1.08 bits per heavy atom. The maximum Gasteiger partial charge on any atom is 0.306 e. The van der Waals surface area contributed by atoms with Crippen LogP contribution in [-0.2, 0) is 14.3 Å². The molecule has 0 heterocycles. The second-order valence-electron chi connectivity index (χ2n) is 14.5. The van der Waals surface area contributed by atoms with E-state index in [4.69, 9.17) is 4.74 Å². The molecule has 0 saturated heterocycles. The van der Waals surface area contributed by atoms with E-state index < -0.39 is 18.2 Å². The average molecular weight is 740 g/mol. The number of carbonyl (C=O) groups excluding carboxylic acids is 2. The van der Waals surface area contributed by atoms with Crippen LogP contribution in [0.3, 0.4) is 0 Å². The summed E-state index contributed by atoms with van der Waals surface area (Å²) < 4.78 is 5.84. The average Bonchev–Trinajstić information content (AvgIpc) is 3.15. The van der Waals surface area contributed by atoms with Crippen molar-refractivity contribution in [3.8, 4) is 0 Å². The number of aliphatic hydroxyl groups excluding tert-OH is 2. The molecule has 3 atom stereocenters. The third-order valence-electron chi connectivity index (χ3n) is 9.40. The summed E-state index contributed by atoms with van der Waals surface area (Å²) in [7, 11) is 0. The Morgan fingerprint density at radius 3 is 1.68 bits per heavy atom. The van der Waals surface area contributed by atoms with Crippen LogP contribution in [0.2, 0.25) is 0 Å². The fourth-order valence-corrected chi connectivity index (χ4v) is 6.08. The quantitative estimate of drug-likeness (QED) is 0.0255. The van der Waals surface area contributed by atoms with Gasteiger partial charge in [-0.15, -0.1) is 0 Å². The van der Waals surface area contributed by atoms with Gasteiger partial charge in [-0.25, -0.2) is 0 Å². The molecule has 0 saturated carbocycles. The molecule has 0 radical (unpaired) electrons. The third-order valence-corrected chi connectivity index (χ3v) is 9.40. The highest BCUT2D eigenvalue weighted by Gasteiger charge is 2.23. The lowest BCUT2D eigenvalue weighted by Gasteiger charge is -2.24. The second-order valence-corrected chi connectivity index (χ2v) is 14.5. The van der Waals surface area contributed by atoms with Gasteiger partial charge in [0.2, 0.25) is 5.91 Å². The van der Waals surface area contributed by atoms with Crippen LogP contribution in [0.15, 0.2) is 72.9 Å². The van der Waals surface area contributed by atoms with Gasteiger partial charge >= 0.3 is 5.97 Å². The van der Waals surface area contributed by atoms with Crippen molar-refractivity contribution < 1.29 is 24.5 Å². The third kappa shape index (κ3) is 36.1. The van der Waals surface area contributed by atoms with Crippen LogP contribution in [-0.4, -0.2) is 46.9 Å². The molecular weight excluding hydrogens is 659 g/mol. The summed E-state index contributed by atoms with van der Waals surface area (Å²) in [5.41, 5.74) is 0. The van der Waals surface area contributed by atoms with Gasteiger partial charge in [-0.05, 0) is 57.8 Å². The maximum absolute atomic E-state index is 13.1. The molecule has 6 nitrogen and oxygen atoms in total. The van der Waals surface area contributed by atoms with Crippen LogP contribution >= 0.6 is 0 Å². The monoisotopic (exact) mass is 740 g/mol. The predicted octanol–water partition coefficient (Wildman–Crippen LogP) is 12.3. The van der Waals surface area contributed by atoms with Gasteiger partial charge in [0.1, 0.15) is 6.10 Å². The van der Waals surface area contributed by atoms with E-state index in [1.165, 1.54) is 77.0 Å². The molecular formula is C47H81NO5. The maximum atomic E-state index is 13.1. The Kier molecular flexibility index (Phi) is 38.4. The number of allylic oxidation sites excluding steroid dienone is 12. The summed E-state index contributed by atoms with van der Waals surface area (Å²) >= 11 is 0. The van der Waals surface area contributed by atoms with Crippen LogP contribution in [0.5, 0.6) is 0 Å². The van der Waals surface area contributed by atoms with E-state index in [0.29, 0.717) is 19.3 Å². The Bertz CT molecular complexity index is 1010. The van der Waals surface area contributed by atoms with Crippen LogP contribution in [0.25, 0.3) is 0 Å². The van der Waals surface area contributed by atoms with E-state index in [9.17, 15) is 19.8 Å². The summed E-state index contributed by atoms with van der Waals surface area (Å²) in [4.78, 5) is 25.9. The lowest BCUT2D eigenvalue weighted by atomic mass is 10.0. The minimum absolute atomic E-state index is 0.0222. The van der Waals surface area contributed by atoms with Gasteiger partial charge in [-0.2, -0.15) is 0 Å². The Balaban J connectivity index is 4.78. The van der Waals surface area contributed by atoms with E-state index in [-0.39, 0.29) is 24.9 Å². The van der Waals surface area contributed by atoms with Gasteiger partial charge in [0.15, 0.2) is 0 Å². The molecule has 0 spiro atoms. The molecule has 53 heavy (non-hydrogen) atoms. The van der Waals surface area contributed by atoms with Crippen molar-refractivity contribution in [3.63, 3.8) is 0 Å². The van der Waals surface area contributed by atoms with Crippen molar-refractivity contribution in [1.29, 1.82) is 0 Å². The van der Waals surface area contributed by atoms with Gasteiger partial charge < -0.3 is 20.3 Å². The molecule has 0 aliphatic carbocycles. The zero-order valence-electron chi connectivity index (χ0n) is 34.4. The summed E-state index contributed by atoms with van der Waals surface area (Å²) in [6, 6.07) is -0.726. The largest absolute Gasteiger partial charge is 0.462 e. The van der Waals surface area contributed by atoms with Gasteiger partial charge in [-0.1, -0.05) is 190 Å². The fourth-order valence-electron chi connectivity index (χ4n) is 6.08. The number of nitrogens with one attached hydrogen (secondary N) is 1. The molecule has 0 aromatic heterocycles. The lowest BCUT2D eigenvalue weighted by molar-refractivity contribution is -0.151. The number of ether oxygens (including phenoxy) is 1. The number of amides is 1. The lowest BCUT2D eigenvalue weighted by Crippen LogP contribution is -2.46. The molecule has 0 aromatic carbocycles. The fraction of sp³-hybridized carbons (Fsp3) is 0.702. The first-order valence-corrected chi connectivity index (χ1v) is 21.7. The zero-order valence-corrected chi connectivity index (χ0v) is 34.4. The van der Waals surface area contributed by atoms with Crippen LogP contribution in [0.4, 0.5) is 0 Å². The molecule has 304 valence electrons. The molecule has 0 aliphatic rings. The Morgan fingerprint density at radius 1 is 0.566 bits per heavy atom. The van der Waals surface area contributed by atoms with Crippen molar-refractivity contribution in [2.24, 2.45) is 0 Å². The van der Waals surface area contributed by atoms with Gasteiger partial charge in [0.05, 0.1) is 25.2 Å². The van der Waals surface area contributed by atoms with Crippen molar-refractivity contribution >= 4 is 11.9 Å².